The van der Waals surface area contributed by atoms with E-state index in [0.717, 1.165) is 5.56 Å². The predicted octanol–water partition coefficient (Wildman–Crippen LogP) is 2.39. The summed E-state index contributed by atoms with van der Waals surface area (Å²) in [6, 6.07) is 7.49. The minimum atomic E-state index is -1.10. The van der Waals surface area contributed by atoms with Gasteiger partial charge in [0.15, 0.2) is 0 Å². The molecule has 0 aromatic heterocycles. The van der Waals surface area contributed by atoms with Crippen LogP contribution in [0, 0.1) is 0 Å². The van der Waals surface area contributed by atoms with Gasteiger partial charge in [-0.2, -0.15) is 0 Å². The van der Waals surface area contributed by atoms with Gasteiger partial charge in [0.25, 0.3) is 0 Å². The first-order valence-electron chi connectivity index (χ1n) is 5.83. The van der Waals surface area contributed by atoms with Crippen LogP contribution in [0.3, 0.4) is 0 Å². The van der Waals surface area contributed by atoms with E-state index in [0.29, 0.717) is 17.9 Å². The van der Waals surface area contributed by atoms with Crippen LogP contribution in [0.25, 0.3) is 6.08 Å². The summed E-state index contributed by atoms with van der Waals surface area (Å²) >= 11 is 0. The van der Waals surface area contributed by atoms with E-state index in [1.807, 2.05) is 31.2 Å². The van der Waals surface area contributed by atoms with E-state index in [9.17, 15) is 4.79 Å². The number of rotatable bonds is 3. The van der Waals surface area contributed by atoms with Crippen molar-refractivity contribution < 1.29 is 19.0 Å². The third kappa shape index (κ3) is 2.11. The van der Waals surface area contributed by atoms with Gasteiger partial charge in [-0.1, -0.05) is 18.2 Å². The zero-order chi connectivity index (χ0) is 13.2. The molecule has 2 rings (SSSR count). The fourth-order valence-corrected chi connectivity index (χ4v) is 1.98. The van der Waals surface area contributed by atoms with Gasteiger partial charge in [-0.15, -0.1) is 0 Å². The second-order valence-corrected chi connectivity index (χ2v) is 4.07. The molecule has 0 bridgehead atoms. The van der Waals surface area contributed by atoms with Crippen LogP contribution in [0.1, 0.15) is 19.4 Å². The Bertz CT molecular complexity index is 492. The Hall–Kier alpha value is -1.81. The molecule has 0 saturated heterocycles. The highest BCUT2D eigenvalue weighted by atomic mass is 16.7. The minimum Gasteiger partial charge on any atom is -0.465 e. The number of fused-ring (bicyclic) bond motifs is 1. The molecule has 1 aliphatic rings. The molecule has 0 N–H and O–H groups in total. The van der Waals surface area contributed by atoms with Gasteiger partial charge in [0, 0.05) is 19.1 Å². The highest BCUT2D eigenvalue weighted by molar-refractivity contribution is 5.96. The monoisotopic (exact) mass is 248 g/mol. The number of para-hydroxylation sites is 1. The SMILES string of the molecule is CCOC1(C)Oc2ccccc2C=C1C(=O)OC. The Labute approximate surface area is 106 Å². The van der Waals surface area contributed by atoms with Gasteiger partial charge in [0.2, 0.25) is 5.79 Å². The molecule has 0 amide bonds. The molecule has 1 aromatic rings. The van der Waals surface area contributed by atoms with Crippen molar-refractivity contribution in [1.29, 1.82) is 0 Å². The lowest BCUT2D eigenvalue weighted by Crippen LogP contribution is -2.43. The molecule has 1 heterocycles. The number of benzene rings is 1. The highest BCUT2D eigenvalue weighted by Crippen LogP contribution is 2.36. The van der Waals surface area contributed by atoms with Crippen LogP contribution in [0.4, 0.5) is 0 Å². The van der Waals surface area contributed by atoms with Crippen molar-refractivity contribution in [2.45, 2.75) is 19.6 Å². The van der Waals surface area contributed by atoms with Gasteiger partial charge in [0.05, 0.1) is 7.11 Å². The average molecular weight is 248 g/mol. The Balaban J connectivity index is 2.49. The molecule has 0 spiro atoms. The lowest BCUT2D eigenvalue weighted by molar-refractivity contribution is -0.160. The molecule has 1 aromatic carbocycles. The van der Waals surface area contributed by atoms with Crippen LogP contribution in [0.2, 0.25) is 0 Å². The van der Waals surface area contributed by atoms with Crippen LogP contribution in [0.15, 0.2) is 29.8 Å². The van der Waals surface area contributed by atoms with E-state index in [4.69, 9.17) is 14.2 Å². The van der Waals surface area contributed by atoms with Crippen LogP contribution < -0.4 is 4.74 Å². The minimum absolute atomic E-state index is 0.366. The second-order valence-electron chi connectivity index (χ2n) is 4.07. The first kappa shape index (κ1) is 12.6. The fraction of sp³-hybridized carbons (Fsp3) is 0.357. The summed E-state index contributed by atoms with van der Waals surface area (Å²) in [7, 11) is 1.34. The number of hydrogen-bond acceptors (Lipinski definition) is 4. The number of methoxy groups -OCH3 is 1. The van der Waals surface area contributed by atoms with Crippen molar-refractivity contribution in [3.63, 3.8) is 0 Å². The standard InChI is InChI=1S/C14H16O4/c1-4-17-14(2)11(13(15)16-3)9-10-7-5-6-8-12(10)18-14/h5-9H,4H2,1-3H3. The van der Waals surface area contributed by atoms with Gasteiger partial charge >= 0.3 is 5.97 Å². The number of ether oxygens (including phenoxy) is 3. The molecule has 4 heteroatoms. The molecule has 0 saturated carbocycles. The maximum Gasteiger partial charge on any atom is 0.340 e. The first-order chi connectivity index (χ1) is 8.60. The van der Waals surface area contributed by atoms with E-state index in [1.54, 1.807) is 13.0 Å². The van der Waals surface area contributed by atoms with Crippen molar-refractivity contribution in [2.75, 3.05) is 13.7 Å². The van der Waals surface area contributed by atoms with Crippen LogP contribution in [-0.4, -0.2) is 25.5 Å². The Kier molecular flexibility index (Phi) is 3.39. The van der Waals surface area contributed by atoms with Gasteiger partial charge in [0.1, 0.15) is 11.3 Å². The lowest BCUT2D eigenvalue weighted by Gasteiger charge is -2.34. The molecule has 4 nitrogen and oxygen atoms in total. The zero-order valence-electron chi connectivity index (χ0n) is 10.7. The number of carbonyl (C=O) groups excluding carboxylic acids is 1. The topological polar surface area (TPSA) is 44.8 Å². The predicted molar refractivity (Wildman–Crippen MR) is 67.1 cm³/mol. The van der Waals surface area contributed by atoms with E-state index in [1.165, 1.54) is 7.11 Å². The van der Waals surface area contributed by atoms with Gasteiger partial charge in [-0.3, -0.25) is 0 Å². The smallest absolute Gasteiger partial charge is 0.340 e. The second kappa shape index (κ2) is 4.82. The lowest BCUT2D eigenvalue weighted by atomic mass is 10.00. The molecular formula is C14H16O4. The average Bonchev–Trinajstić information content (AvgIpc) is 2.37. The number of esters is 1. The van der Waals surface area contributed by atoms with Gasteiger partial charge < -0.3 is 14.2 Å². The normalized spacial score (nSPS) is 21.6. The van der Waals surface area contributed by atoms with E-state index in [-0.39, 0.29) is 0 Å². The van der Waals surface area contributed by atoms with E-state index < -0.39 is 11.8 Å². The Morgan fingerprint density at radius 3 is 2.78 bits per heavy atom. The third-order valence-electron chi connectivity index (χ3n) is 2.84. The summed E-state index contributed by atoms with van der Waals surface area (Å²) in [5.41, 5.74) is 1.21. The van der Waals surface area contributed by atoms with Crippen molar-refractivity contribution >= 4 is 12.0 Å². The largest absolute Gasteiger partial charge is 0.465 e. The van der Waals surface area contributed by atoms with Crippen molar-refractivity contribution in [3.8, 4) is 5.75 Å². The molecule has 1 aliphatic heterocycles. The number of hydrogen-bond donors (Lipinski definition) is 0. The molecule has 1 unspecified atom stereocenters. The van der Waals surface area contributed by atoms with Crippen LogP contribution >= 0.6 is 0 Å². The van der Waals surface area contributed by atoms with Crippen molar-refractivity contribution in [1.82, 2.24) is 0 Å². The summed E-state index contributed by atoms with van der Waals surface area (Å²) in [6.45, 7) is 4.01. The summed E-state index contributed by atoms with van der Waals surface area (Å²) in [6.07, 6.45) is 1.75. The summed E-state index contributed by atoms with van der Waals surface area (Å²) in [4.78, 5) is 11.8. The molecule has 96 valence electrons. The van der Waals surface area contributed by atoms with E-state index in [2.05, 4.69) is 0 Å². The first-order valence-corrected chi connectivity index (χ1v) is 5.83. The molecule has 18 heavy (non-hydrogen) atoms. The molecule has 0 fully saturated rings. The molecule has 1 atom stereocenters. The molecule has 0 radical (unpaired) electrons. The van der Waals surface area contributed by atoms with Gasteiger partial charge in [-0.05, 0) is 19.1 Å². The van der Waals surface area contributed by atoms with Gasteiger partial charge in [-0.25, -0.2) is 4.79 Å². The van der Waals surface area contributed by atoms with Crippen LogP contribution in [-0.2, 0) is 14.3 Å². The fourth-order valence-electron chi connectivity index (χ4n) is 1.98. The maximum absolute atomic E-state index is 11.8. The maximum atomic E-state index is 11.8. The van der Waals surface area contributed by atoms with Crippen molar-refractivity contribution in [2.24, 2.45) is 0 Å². The van der Waals surface area contributed by atoms with Crippen LogP contribution in [0.5, 0.6) is 5.75 Å². The zero-order valence-corrected chi connectivity index (χ0v) is 10.7. The van der Waals surface area contributed by atoms with E-state index >= 15 is 0 Å². The Morgan fingerprint density at radius 2 is 2.11 bits per heavy atom. The molecule has 0 aliphatic carbocycles. The Morgan fingerprint density at radius 1 is 1.39 bits per heavy atom. The quantitative estimate of drug-likeness (QED) is 0.770. The summed E-state index contributed by atoms with van der Waals surface area (Å²) < 4.78 is 16.2. The highest BCUT2D eigenvalue weighted by Gasteiger charge is 2.40. The summed E-state index contributed by atoms with van der Waals surface area (Å²) in [5.74, 6) is -0.850. The summed E-state index contributed by atoms with van der Waals surface area (Å²) in [5, 5.41) is 0. The molecular weight excluding hydrogens is 232 g/mol. The van der Waals surface area contributed by atoms with Crippen molar-refractivity contribution in [3.05, 3.63) is 35.4 Å². The number of carbonyl (C=O) groups is 1. The third-order valence-corrected chi connectivity index (χ3v) is 2.84.